The second-order valence-electron chi connectivity index (χ2n) is 6.22. The van der Waals surface area contributed by atoms with Gasteiger partial charge in [0.25, 0.3) is 0 Å². The van der Waals surface area contributed by atoms with Crippen molar-refractivity contribution in [2.75, 3.05) is 5.32 Å². The highest BCUT2D eigenvalue weighted by molar-refractivity contribution is 14.0. The van der Waals surface area contributed by atoms with Crippen molar-refractivity contribution in [3.8, 4) is 5.75 Å². The maximum absolute atomic E-state index is 5.96. The summed E-state index contributed by atoms with van der Waals surface area (Å²) < 4.78 is 7.61. The Kier molecular flexibility index (Phi) is 6.84. The Morgan fingerprint density at radius 2 is 1.92 bits per heavy atom. The van der Waals surface area contributed by atoms with Crippen LogP contribution in [0.5, 0.6) is 5.75 Å². The lowest BCUT2D eigenvalue weighted by molar-refractivity contribution is 0.242. The Morgan fingerprint density at radius 1 is 1.19 bits per heavy atom. The highest BCUT2D eigenvalue weighted by Crippen LogP contribution is 2.16. The van der Waals surface area contributed by atoms with Crippen LogP contribution in [0.2, 0.25) is 0 Å². The first-order valence-corrected chi connectivity index (χ1v) is 8.27. The molecular formula is C19H24IN5O. The van der Waals surface area contributed by atoms with Gasteiger partial charge in [0.2, 0.25) is 0 Å². The number of anilines is 1. The zero-order chi connectivity index (χ0) is 17.8. The van der Waals surface area contributed by atoms with Crippen LogP contribution in [-0.4, -0.2) is 21.4 Å². The number of nitrogens with two attached hydrogens (primary N) is 1. The highest BCUT2D eigenvalue weighted by atomic mass is 127. The van der Waals surface area contributed by atoms with Crippen molar-refractivity contribution in [1.29, 1.82) is 0 Å². The number of ether oxygens (including phenoxy) is 1. The van der Waals surface area contributed by atoms with E-state index in [-0.39, 0.29) is 30.1 Å². The number of imidazole rings is 1. The molecule has 2 heterocycles. The summed E-state index contributed by atoms with van der Waals surface area (Å²) in [6.07, 6.45) is 4.16. The zero-order valence-corrected chi connectivity index (χ0v) is 17.5. The summed E-state index contributed by atoms with van der Waals surface area (Å²) in [6, 6.07) is 11.7. The first-order chi connectivity index (χ1) is 12.0. The summed E-state index contributed by atoms with van der Waals surface area (Å²) in [7, 11) is 0. The first-order valence-electron chi connectivity index (χ1n) is 8.27. The van der Waals surface area contributed by atoms with Gasteiger partial charge in [-0.15, -0.1) is 24.0 Å². The monoisotopic (exact) mass is 465 g/mol. The van der Waals surface area contributed by atoms with E-state index in [9.17, 15) is 0 Å². The fourth-order valence-electron chi connectivity index (χ4n) is 2.47. The van der Waals surface area contributed by atoms with Crippen molar-refractivity contribution < 1.29 is 4.74 Å². The van der Waals surface area contributed by atoms with E-state index in [1.54, 1.807) is 0 Å². The molecule has 0 bridgehead atoms. The lowest BCUT2D eigenvalue weighted by Crippen LogP contribution is -2.22. The third-order valence-corrected chi connectivity index (χ3v) is 3.56. The minimum atomic E-state index is 0. The molecule has 2 aromatic heterocycles. The Bertz CT molecular complexity index is 887. The van der Waals surface area contributed by atoms with Crippen LogP contribution < -0.4 is 15.8 Å². The van der Waals surface area contributed by atoms with Crippen molar-refractivity contribution in [3.05, 3.63) is 60.0 Å². The molecule has 0 fully saturated rings. The minimum absolute atomic E-state index is 0. The zero-order valence-electron chi connectivity index (χ0n) is 15.1. The second-order valence-corrected chi connectivity index (χ2v) is 6.22. The number of hydrogen-bond donors (Lipinski definition) is 2. The van der Waals surface area contributed by atoms with Gasteiger partial charge in [0, 0.05) is 18.1 Å². The third kappa shape index (κ3) is 5.35. The Balaban J connectivity index is 0.00000243. The number of aliphatic imine (C=N–C) groups is 1. The van der Waals surface area contributed by atoms with Crippen molar-refractivity contribution >= 4 is 41.3 Å². The van der Waals surface area contributed by atoms with Gasteiger partial charge in [-0.25, -0.2) is 9.98 Å². The van der Waals surface area contributed by atoms with Gasteiger partial charge in [-0.2, -0.15) is 0 Å². The van der Waals surface area contributed by atoms with Crippen LogP contribution in [0.3, 0.4) is 0 Å². The first kappa shape index (κ1) is 20.0. The molecule has 3 aromatic rings. The molecule has 0 atom stereocenters. The van der Waals surface area contributed by atoms with Crippen molar-refractivity contribution in [3.63, 3.8) is 0 Å². The normalized spacial score (nSPS) is 11.5. The Hall–Kier alpha value is -2.29. The number of fused-ring (bicyclic) bond motifs is 1. The largest absolute Gasteiger partial charge is 0.491 e. The summed E-state index contributed by atoms with van der Waals surface area (Å²) >= 11 is 0. The molecular weight excluding hydrogens is 441 g/mol. The average Bonchev–Trinajstić information content (AvgIpc) is 2.96. The number of rotatable bonds is 5. The van der Waals surface area contributed by atoms with Gasteiger partial charge < -0.3 is 20.2 Å². The van der Waals surface area contributed by atoms with Crippen LogP contribution in [0.25, 0.3) is 5.65 Å². The highest BCUT2D eigenvalue weighted by Gasteiger charge is 2.02. The van der Waals surface area contributed by atoms with E-state index in [1.165, 1.54) is 5.56 Å². The molecule has 0 amide bonds. The van der Waals surface area contributed by atoms with E-state index in [0.717, 1.165) is 22.8 Å². The van der Waals surface area contributed by atoms with Gasteiger partial charge in [0.05, 0.1) is 18.3 Å². The number of aromatic nitrogens is 2. The third-order valence-electron chi connectivity index (χ3n) is 3.56. The Labute approximate surface area is 170 Å². The predicted molar refractivity (Wildman–Crippen MR) is 116 cm³/mol. The fourth-order valence-corrected chi connectivity index (χ4v) is 2.47. The summed E-state index contributed by atoms with van der Waals surface area (Å²) in [5.74, 6) is 1.18. The SMILES string of the molecule is Cc1ccc2nc(CN=C(N)Nc3ccc(OC(C)C)cc3)cn2c1.I. The van der Waals surface area contributed by atoms with Crippen LogP contribution in [0.1, 0.15) is 25.1 Å². The molecule has 0 unspecified atom stereocenters. The van der Waals surface area contributed by atoms with Crippen LogP contribution in [0.15, 0.2) is 53.8 Å². The standard InChI is InChI=1S/C19H23N5O.HI/c1-13(2)25-17-7-5-15(6-8-17)23-19(20)21-10-16-12-24-11-14(3)4-9-18(24)22-16;/h4-9,11-13H,10H2,1-3H3,(H3,20,21,23);1H. The summed E-state index contributed by atoms with van der Waals surface area (Å²) in [5, 5.41) is 3.07. The molecule has 3 rings (SSSR count). The number of nitrogens with zero attached hydrogens (tertiary/aromatic N) is 3. The minimum Gasteiger partial charge on any atom is -0.491 e. The van der Waals surface area contributed by atoms with Gasteiger partial charge in [-0.1, -0.05) is 6.07 Å². The molecule has 138 valence electrons. The number of pyridine rings is 1. The smallest absolute Gasteiger partial charge is 0.193 e. The fraction of sp³-hybridized carbons (Fsp3) is 0.263. The van der Waals surface area contributed by atoms with Crippen molar-refractivity contribution in [1.82, 2.24) is 9.38 Å². The molecule has 0 saturated heterocycles. The molecule has 0 radical (unpaired) electrons. The van der Waals surface area contributed by atoms with Crippen LogP contribution in [-0.2, 0) is 6.54 Å². The summed E-state index contributed by atoms with van der Waals surface area (Å²) in [5.41, 5.74) is 9.79. The summed E-state index contributed by atoms with van der Waals surface area (Å²) in [4.78, 5) is 8.88. The molecule has 0 aliphatic heterocycles. The number of guanidine groups is 1. The number of nitrogens with one attached hydrogen (secondary N) is 1. The van der Waals surface area contributed by atoms with E-state index >= 15 is 0 Å². The molecule has 1 aromatic carbocycles. The van der Waals surface area contributed by atoms with Crippen LogP contribution >= 0.6 is 24.0 Å². The lowest BCUT2D eigenvalue weighted by Gasteiger charge is -2.10. The molecule has 6 nitrogen and oxygen atoms in total. The van der Waals surface area contributed by atoms with Gasteiger partial charge in [-0.05, 0) is 56.7 Å². The quantitative estimate of drug-likeness (QED) is 0.340. The van der Waals surface area contributed by atoms with Gasteiger partial charge in [0.1, 0.15) is 11.4 Å². The number of hydrogen-bond acceptors (Lipinski definition) is 3. The van der Waals surface area contributed by atoms with Gasteiger partial charge >= 0.3 is 0 Å². The number of benzene rings is 1. The van der Waals surface area contributed by atoms with Crippen LogP contribution in [0.4, 0.5) is 5.69 Å². The van der Waals surface area contributed by atoms with E-state index in [4.69, 9.17) is 10.5 Å². The molecule has 3 N–H and O–H groups in total. The molecule has 0 aliphatic rings. The van der Waals surface area contributed by atoms with Crippen molar-refractivity contribution in [2.45, 2.75) is 33.4 Å². The molecule has 7 heteroatoms. The number of aryl methyl sites for hydroxylation is 1. The van der Waals surface area contributed by atoms with E-state index in [2.05, 4.69) is 22.2 Å². The Morgan fingerprint density at radius 3 is 2.62 bits per heavy atom. The van der Waals surface area contributed by atoms with E-state index in [0.29, 0.717) is 12.5 Å². The average molecular weight is 465 g/mol. The molecule has 0 spiro atoms. The topological polar surface area (TPSA) is 76.9 Å². The van der Waals surface area contributed by atoms with E-state index < -0.39 is 0 Å². The molecule has 0 aliphatic carbocycles. The molecule has 26 heavy (non-hydrogen) atoms. The summed E-state index contributed by atoms with van der Waals surface area (Å²) in [6.45, 7) is 6.47. The number of halogens is 1. The lowest BCUT2D eigenvalue weighted by atomic mass is 10.3. The predicted octanol–water partition coefficient (Wildman–Crippen LogP) is 3.97. The maximum atomic E-state index is 5.96. The van der Waals surface area contributed by atoms with Crippen LogP contribution in [0, 0.1) is 6.92 Å². The van der Waals surface area contributed by atoms with Crippen molar-refractivity contribution in [2.24, 2.45) is 10.7 Å². The van der Waals surface area contributed by atoms with E-state index in [1.807, 2.05) is 67.0 Å². The molecule has 0 saturated carbocycles. The van der Waals surface area contributed by atoms with Gasteiger partial charge in [-0.3, -0.25) is 0 Å². The maximum Gasteiger partial charge on any atom is 0.193 e. The second kappa shape index (κ2) is 8.88. The van der Waals surface area contributed by atoms with Gasteiger partial charge in [0.15, 0.2) is 5.96 Å².